The summed E-state index contributed by atoms with van der Waals surface area (Å²) in [5.41, 5.74) is 1.91. The third-order valence-corrected chi connectivity index (χ3v) is 5.65. The van der Waals surface area contributed by atoms with Crippen LogP contribution in [0.2, 0.25) is 5.02 Å². The number of hydrogen-bond acceptors (Lipinski definition) is 5. The number of hydrogen-bond donors (Lipinski definition) is 1. The first kappa shape index (κ1) is 17.2. The van der Waals surface area contributed by atoms with Crippen molar-refractivity contribution < 1.29 is 0 Å². The zero-order chi connectivity index (χ0) is 19.3. The summed E-state index contributed by atoms with van der Waals surface area (Å²) in [6, 6.07) is 11.2. The molecule has 2 saturated carbocycles. The maximum atomic E-state index is 13.0. The zero-order valence-corrected chi connectivity index (χ0v) is 15.9. The Labute approximate surface area is 166 Å². The number of benzene rings is 1. The lowest BCUT2D eigenvalue weighted by Crippen LogP contribution is -2.25. The molecule has 2 fully saturated rings. The Kier molecular flexibility index (Phi) is 4.06. The van der Waals surface area contributed by atoms with E-state index in [2.05, 4.69) is 16.4 Å². The largest absolute Gasteiger partial charge is 0.369 e. The van der Waals surface area contributed by atoms with Crippen molar-refractivity contribution in [1.29, 1.82) is 5.26 Å². The zero-order valence-electron chi connectivity index (χ0n) is 15.2. The summed E-state index contributed by atoms with van der Waals surface area (Å²) in [4.78, 5) is 22.0. The predicted molar refractivity (Wildman–Crippen MR) is 108 cm³/mol. The van der Waals surface area contributed by atoms with E-state index < -0.39 is 5.69 Å². The first-order valence-corrected chi connectivity index (χ1v) is 9.90. The van der Waals surface area contributed by atoms with Crippen molar-refractivity contribution in [3.05, 3.63) is 57.1 Å². The fourth-order valence-electron chi connectivity index (χ4n) is 3.46. The SMILES string of the molecule is N#Cc1cc2c(NCC3CC3)nc(=O)n(-c3ccccc3Cl)c2nc1C1CC1. The number of halogens is 1. The van der Waals surface area contributed by atoms with Gasteiger partial charge in [0, 0.05) is 12.5 Å². The topological polar surface area (TPSA) is 83.6 Å². The highest BCUT2D eigenvalue weighted by Gasteiger charge is 2.30. The average molecular weight is 392 g/mol. The Morgan fingerprint density at radius 1 is 1.21 bits per heavy atom. The summed E-state index contributed by atoms with van der Waals surface area (Å²) in [7, 11) is 0. The minimum Gasteiger partial charge on any atom is -0.369 e. The molecule has 0 amide bonds. The molecule has 2 aliphatic carbocycles. The molecule has 5 rings (SSSR count). The molecule has 7 heteroatoms. The summed E-state index contributed by atoms with van der Waals surface area (Å²) in [5, 5.41) is 14.0. The summed E-state index contributed by atoms with van der Waals surface area (Å²) in [5.74, 6) is 1.39. The summed E-state index contributed by atoms with van der Waals surface area (Å²) < 4.78 is 1.45. The molecule has 2 heterocycles. The smallest absolute Gasteiger partial charge is 0.355 e. The predicted octanol–water partition coefficient (Wildman–Crippen LogP) is 4.01. The lowest BCUT2D eigenvalue weighted by Gasteiger charge is -2.15. The number of rotatable bonds is 5. The maximum Gasteiger partial charge on any atom is 0.355 e. The molecule has 0 atom stereocenters. The highest BCUT2D eigenvalue weighted by atomic mass is 35.5. The minimum absolute atomic E-state index is 0.282. The van der Waals surface area contributed by atoms with Crippen LogP contribution < -0.4 is 11.0 Å². The van der Waals surface area contributed by atoms with Gasteiger partial charge in [0.25, 0.3) is 0 Å². The van der Waals surface area contributed by atoms with Gasteiger partial charge in [0.2, 0.25) is 0 Å². The van der Waals surface area contributed by atoms with Gasteiger partial charge in [0.1, 0.15) is 11.9 Å². The van der Waals surface area contributed by atoms with E-state index in [1.54, 1.807) is 12.1 Å². The molecule has 0 bridgehead atoms. The molecular weight excluding hydrogens is 374 g/mol. The second-order valence-electron chi connectivity index (χ2n) is 7.53. The van der Waals surface area contributed by atoms with E-state index in [1.165, 1.54) is 17.4 Å². The molecule has 2 aromatic heterocycles. The van der Waals surface area contributed by atoms with E-state index in [9.17, 15) is 10.1 Å². The monoisotopic (exact) mass is 391 g/mol. The van der Waals surface area contributed by atoms with Crippen molar-refractivity contribution in [1.82, 2.24) is 14.5 Å². The number of nitrogens with zero attached hydrogens (tertiary/aromatic N) is 4. The van der Waals surface area contributed by atoms with Crippen molar-refractivity contribution in [3.63, 3.8) is 0 Å². The molecule has 3 aromatic rings. The number of nitrogens with one attached hydrogen (secondary N) is 1. The van der Waals surface area contributed by atoms with E-state index in [0.29, 0.717) is 39.0 Å². The Balaban J connectivity index is 1.79. The van der Waals surface area contributed by atoms with E-state index in [4.69, 9.17) is 16.6 Å². The molecule has 0 spiro atoms. The second-order valence-corrected chi connectivity index (χ2v) is 7.94. The minimum atomic E-state index is -0.433. The third-order valence-electron chi connectivity index (χ3n) is 5.33. The van der Waals surface area contributed by atoms with Gasteiger partial charge >= 0.3 is 5.69 Å². The van der Waals surface area contributed by atoms with Crippen molar-refractivity contribution in [2.24, 2.45) is 5.92 Å². The van der Waals surface area contributed by atoms with Crippen LogP contribution in [-0.2, 0) is 0 Å². The van der Waals surface area contributed by atoms with Crippen LogP contribution in [0.4, 0.5) is 5.82 Å². The van der Waals surface area contributed by atoms with Gasteiger partial charge in [-0.1, -0.05) is 23.7 Å². The summed E-state index contributed by atoms with van der Waals surface area (Å²) in [6.45, 7) is 0.768. The molecule has 140 valence electrons. The Morgan fingerprint density at radius 2 is 2.00 bits per heavy atom. The number of fused-ring (bicyclic) bond motifs is 1. The van der Waals surface area contributed by atoms with E-state index in [1.807, 2.05) is 18.2 Å². The van der Waals surface area contributed by atoms with E-state index in [0.717, 1.165) is 25.1 Å². The van der Waals surface area contributed by atoms with Gasteiger partial charge in [-0.2, -0.15) is 10.2 Å². The first-order chi connectivity index (χ1) is 13.7. The third kappa shape index (κ3) is 3.02. The molecular formula is C21H18ClN5O. The van der Waals surface area contributed by atoms with Crippen LogP contribution in [0, 0.1) is 17.2 Å². The van der Waals surface area contributed by atoms with Gasteiger partial charge in [-0.25, -0.2) is 14.3 Å². The summed E-state index contributed by atoms with van der Waals surface area (Å²) >= 11 is 6.37. The van der Waals surface area contributed by atoms with Crippen molar-refractivity contribution in [3.8, 4) is 11.8 Å². The summed E-state index contributed by atoms with van der Waals surface area (Å²) in [6.07, 6.45) is 4.41. The molecule has 0 radical (unpaired) electrons. The Morgan fingerprint density at radius 3 is 2.68 bits per heavy atom. The van der Waals surface area contributed by atoms with Gasteiger partial charge in [-0.15, -0.1) is 0 Å². The molecule has 1 aromatic carbocycles. The lowest BCUT2D eigenvalue weighted by atomic mass is 10.1. The van der Waals surface area contributed by atoms with Crippen LogP contribution in [0.3, 0.4) is 0 Å². The number of aromatic nitrogens is 3. The van der Waals surface area contributed by atoms with Crippen LogP contribution in [0.25, 0.3) is 16.7 Å². The van der Waals surface area contributed by atoms with E-state index in [-0.39, 0.29) is 5.92 Å². The molecule has 6 nitrogen and oxygen atoms in total. The fraction of sp³-hybridized carbons (Fsp3) is 0.333. The number of pyridine rings is 1. The Bertz CT molecular complexity index is 1190. The number of para-hydroxylation sites is 1. The Hall–Kier alpha value is -2.91. The van der Waals surface area contributed by atoms with Gasteiger partial charge in [0.05, 0.1) is 27.4 Å². The van der Waals surface area contributed by atoms with Gasteiger partial charge < -0.3 is 5.32 Å². The highest BCUT2D eigenvalue weighted by Crippen LogP contribution is 2.41. The second kappa shape index (κ2) is 6.61. The standard InChI is InChI=1S/C21H18ClN5O/c22-16-3-1-2-4-17(16)27-20-15(9-14(10-23)18(25-20)13-7-8-13)19(26-21(27)28)24-11-12-5-6-12/h1-4,9,12-13H,5-8,11H2,(H,24,26,28). The van der Waals surface area contributed by atoms with Gasteiger partial charge in [-0.3, -0.25) is 0 Å². The number of nitriles is 1. The number of anilines is 1. The van der Waals surface area contributed by atoms with Gasteiger partial charge in [-0.05, 0) is 49.8 Å². The quantitative estimate of drug-likeness (QED) is 0.710. The lowest BCUT2D eigenvalue weighted by molar-refractivity contribution is 0.870. The molecule has 2 aliphatic rings. The van der Waals surface area contributed by atoms with Crippen LogP contribution in [0.15, 0.2) is 35.1 Å². The first-order valence-electron chi connectivity index (χ1n) is 9.52. The normalized spacial score (nSPS) is 16.1. The maximum absolute atomic E-state index is 13.0. The van der Waals surface area contributed by atoms with E-state index >= 15 is 0 Å². The molecule has 0 aliphatic heterocycles. The van der Waals surface area contributed by atoms with Gasteiger partial charge in [0.15, 0.2) is 5.65 Å². The van der Waals surface area contributed by atoms with Crippen LogP contribution in [0.1, 0.15) is 42.9 Å². The highest BCUT2D eigenvalue weighted by molar-refractivity contribution is 6.32. The van der Waals surface area contributed by atoms with Crippen LogP contribution in [-0.4, -0.2) is 21.1 Å². The van der Waals surface area contributed by atoms with Crippen molar-refractivity contribution in [2.45, 2.75) is 31.6 Å². The van der Waals surface area contributed by atoms with Crippen LogP contribution in [0.5, 0.6) is 0 Å². The molecule has 1 N–H and O–H groups in total. The fourth-order valence-corrected chi connectivity index (χ4v) is 3.68. The molecule has 28 heavy (non-hydrogen) atoms. The van der Waals surface area contributed by atoms with Crippen LogP contribution >= 0.6 is 11.6 Å². The average Bonchev–Trinajstić information content (AvgIpc) is 3.60. The molecule has 0 saturated heterocycles. The molecule has 0 unspecified atom stereocenters. The van der Waals surface area contributed by atoms with Crippen molar-refractivity contribution in [2.75, 3.05) is 11.9 Å². The van der Waals surface area contributed by atoms with Crippen molar-refractivity contribution >= 4 is 28.5 Å².